The molecular formula is C9H9FO. The molecule has 1 heterocycles. The molecule has 0 spiro atoms. The molecule has 0 aliphatic carbocycles. The summed E-state index contributed by atoms with van der Waals surface area (Å²) >= 11 is 0. The van der Waals surface area contributed by atoms with Gasteiger partial charge >= 0.3 is 0 Å². The van der Waals surface area contributed by atoms with Gasteiger partial charge in [-0.2, -0.15) is 0 Å². The Balaban J connectivity index is 2.42. The Morgan fingerprint density at radius 2 is 2.27 bits per heavy atom. The normalized spacial score (nSPS) is 21.8. The zero-order chi connectivity index (χ0) is 7.84. The molecule has 1 aliphatic heterocycles. The first-order valence-corrected chi connectivity index (χ1v) is 3.65. The van der Waals surface area contributed by atoms with Gasteiger partial charge < -0.3 is 4.74 Å². The van der Waals surface area contributed by atoms with E-state index < -0.39 is 0 Å². The third kappa shape index (κ3) is 1.26. The highest BCUT2D eigenvalue weighted by molar-refractivity contribution is 5.30. The van der Waals surface area contributed by atoms with Gasteiger partial charge in [0.2, 0.25) is 0 Å². The fourth-order valence-corrected chi connectivity index (χ4v) is 1.19. The number of rotatable bonds is 1. The van der Waals surface area contributed by atoms with Crippen molar-refractivity contribution in [2.24, 2.45) is 0 Å². The van der Waals surface area contributed by atoms with Crippen molar-refractivity contribution in [3.63, 3.8) is 0 Å². The van der Waals surface area contributed by atoms with Gasteiger partial charge in [-0.3, -0.25) is 0 Å². The van der Waals surface area contributed by atoms with E-state index in [2.05, 4.69) is 0 Å². The second kappa shape index (κ2) is 2.31. The Morgan fingerprint density at radius 1 is 1.55 bits per heavy atom. The van der Waals surface area contributed by atoms with Crippen molar-refractivity contribution in [3.8, 4) is 0 Å². The monoisotopic (exact) mass is 152 g/mol. The highest BCUT2D eigenvalue weighted by Crippen LogP contribution is 2.32. The Bertz CT molecular complexity index is 279. The van der Waals surface area contributed by atoms with Gasteiger partial charge in [0, 0.05) is 0 Å². The topological polar surface area (TPSA) is 12.5 Å². The fraction of sp³-hybridized carbons (Fsp3) is 0.333. The van der Waals surface area contributed by atoms with Gasteiger partial charge in [0.05, 0.1) is 6.61 Å². The lowest BCUT2D eigenvalue weighted by atomic mass is 10.1. The molecule has 2 heteroatoms. The van der Waals surface area contributed by atoms with Crippen molar-refractivity contribution in [3.05, 3.63) is 35.1 Å². The van der Waals surface area contributed by atoms with E-state index >= 15 is 0 Å². The van der Waals surface area contributed by atoms with Crippen molar-refractivity contribution >= 4 is 0 Å². The van der Waals surface area contributed by atoms with Gasteiger partial charge in [0.15, 0.2) is 0 Å². The highest BCUT2D eigenvalue weighted by atomic mass is 19.1. The molecule has 1 aromatic rings. The van der Waals surface area contributed by atoms with Gasteiger partial charge in [-0.25, -0.2) is 4.39 Å². The molecule has 0 amide bonds. The molecule has 58 valence electrons. The average molecular weight is 152 g/mol. The van der Waals surface area contributed by atoms with Crippen molar-refractivity contribution in [2.75, 3.05) is 6.61 Å². The number of ether oxygens (including phenoxy) is 1. The molecule has 0 aromatic heterocycles. The smallest absolute Gasteiger partial charge is 0.123 e. The van der Waals surface area contributed by atoms with Crippen LogP contribution in [0.5, 0.6) is 0 Å². The Labute approximate surface area is 64.8 Å². The van der Waals surface area contributed by atoms with Crippen LogP contribution in [0.15, 0.2) is 18.2 Å². The van der Waals surface area contributed by atoms with Crippen LogP contribution in [0.2, 0.25) is 0 Å². The molecule has 2 rings (SSSR count). The lowest BCUT2D eigenvalue weighted by Crippen LogP contribution is -1.87. The first-order chi connectivity index (χ1) is 5.27. The average Bonchev–Trinajstić information content (AvgIpc) is 2.76. The van der Waals surface area contributed by atoms with Crippen LogP contribution in [0.1, 0.15) is 17.2 Å². The summed E-state index contributed by atoms with van der Waals surface area (Å²) in [5, 5.41) is 0. The maximum atomic E-state index is 12.7. The predicted molar refractivity (Wildman–Crippen MR) is 39.8 cm³/mol. The predicted octanol–water partition coefficient (Wildman–Crippen LogP) is 2.21. The summed E-state index contributed by atoms with van der Waals surface area (Å²) in [7, 11) is 0. The lowest BCUT2D eigenvalue weighted by molar-refractivity contribution is 0.414. The van der Waals surface area contributed by atoms with E-state index in [4.69, 9.17) is 4.74 Å². The van der Waals surface area contributed by atoms with Crippen LogP contribution in [0.25, 0.3) is 0 Å². The fourth-order valence-electron chi connectivity index (χ4n) is 1.19. The highest BCUT2D eigenvalue weighted by Gasteiger charge is 2.26. The minimum atomic E-state index is -0.180. The number of halogens is 1. The van der Waals surface area contributed by atoms with E-state index in [1.165, 1.54) is 6.07 Å². The lowest BCUT2D eigenvalue weighted by Gasteiger charge is -2.00. The quantitative estimate of drug-likeness (QED) is 0.562. The van der Waals surface area contributed by atoms with E-state index in [-0.39, 0.29) is 11.9 Å². The second-order valence-corrected chi connectivity index (χ2v) is 2.82. The van der Waals surface area contributed by atoms with Crippen LogP contribution in [0, 0.1) is 12.7 Å². The molecule has 0 saturated carbocycles. The Hall–Kier alpha value is -0.890. The largest absolute Gasteiger partial charge is 0.368 e. The minimum Gasteiger partial charge on any atom is -0.368 e. The van der Waals surface area contributed by atoms with Crippen LogP contribution >= 0.6 is 0 Å². The first kappa shape index (κ1) is 6.80. The van der Waals surface area contributed by atoms with E-state index in [0.29, 0.717) is 0 Å². The SMILES string of the molecule is Cc1ccc(F)cc1C1CO1. The van der Waals surface area contributed by atoms with E-state index in [1.54, 1.807) is 12.1 Å². The van der Waals surface area contributed by atoms with Crippen molar-refractivity contribution in [1.29, 1.82) is 0 Å². The molecule has 1 unspecified atom stereocenters. The Kier molecular flexibility index (Phi) is 1.43. The zero-order valence-corrected chi connectivity index (χ0v) is 6.30. The zero-order valence-electron chi connectivity index (χ0n) is 6.30. The van der Waals surface area contributed by atoms with Crippen molar-refractivity contribution in [2.45, 2.75) is 13.0 Å². The molecule has 11 heavy (non-hydrogen) atoms. The van der Waals surface area contributed by atoms with Gasteiger partial charge in [0.25, 0.3) is 0 Å². The molecule has 0 bridgehead atoms. The maximum Gasteiger partial charge on any atom is 0.123 e. The number of benzene rings is 1. The van der Waals surface area contributed by atoms with Gasteiger partial charge in [-0.05, 0) is 30.2 Å². The van der Waals surface area contributed by atoms with Crippen LogP contribution in [0.3, 0.4) is 0 Å². The molecule has 0 N–H and O–H groups in total. The van der Waals surface area contributed by atoms with E-state index in [0.717, 1.165) is 17.7 Å². The van der Waals surface area contributed by atoms with Crippen LogP contribution < -0.4 is 0 Å². The summed E-state index contributed by atoms with van der Waals surface area (Å²) in [6.45, 7) is 2.71. The molecule has 1 aliphatic rings. The maximum absolute atomic E-state index is 12.7. The number of aryl methyl sites for hydroxylation is 1. The summed E-state index contributed by atoms with van der Waals surface area (Å²) < 4.78 is 17.7. The van der Waals surface area contributed by atoms with Crippen molar-refractivity contribution < 1.29 is 9.13 Å². The van der Waals surface area contributed by atoms with Gasteiger partial charge in [0.1, 0.15) is 11.9 Å². The molecule has 0 radical (unpaired) electrons. The number of epoxide rings is 1. The van der Waals surface area contributed by atoms with Gasteiger partial charge in [-0.15, -0.1) is 0 Å². The summed E-state index contributed by atoms with van der Waals surface area (Å²) in [6, 6.07) is 4.81. The third-order valence-electron chi connectivity index (χ3n) is 1.92. The summed E-state index contributed by atoms with van der Waals surface area (Å²) in [5.74, 6) is -0.180. The second-order valence-electron chi connectivity index (χ2n) is 2.82. The summed E-state index contributed by atoms with van der Waals surface area (Å²) in [6.07, 6.45) is 0.158. The summed E-state index contributed by atoms with van der Waals surface area (Å²) in [5.41, 5.74) is 2.10. The van der Waals surface area contributed by atoms with Crippen LogP contribution in [-0.4, -0.2) is 6.61 Å². The van der Waals surface area contributed by atoms with Crippen LogP contribution in [-0.2, 0) is 4.74 Å². The number of hydrogen-bond acceptors (Lipinski definition) is 1. The molecule has 1 aromatic carbocycles. The van der Waals surface area contributed by atoms with E-state index in [1.807, 2.05) is 6.92 Å². The number of hydrogen-bond donors (Lipinski definition) is 0. The molecule has 1 atom stereocenters. The Morgan fingerprint density at radius 3 is 2.91 bits per heavy atom. The molecule has 1 saturated heterocycles. The molecular weight excluding hydrogens is 143 g/mol. The minimum absolute atomic E-state index is 0.158. The first-order valence-electron chi connectivity index (χ1n) is 3.65. The summed E-state index contributed by atoms with van der Waals surface area (Å²) in [4.78, 5) is 0. The standard InChI is InChI=1S/C9H9FO/c1-6-2-3-7(10)4-8(6)9-5-11-9/h2-4,9H,5H2,1H3. The third-order valence-corrected chi connectivity index (χ3v) is 1.92. The molecule has 1 fully saturated rings. The van der Waals surface area contributed by atoms with Crippen LogP contribution in [0.4, 0.5) is 4.39 Å². The molecule has 1 nitrogen and oxygen atoms in total. The van der Waals surface area contributed by atoms with Crippen molar-refractivity contribution in [1.82, 2.24) is 0 Å². The van der Waals surface area contributed by atoms with E-state index in [9.17, 15) is 4.39 Å². The van der Waals surface area contributed by atoms with Gasteiger partial charge in [-0.1, -0.05) is 6.07 Å².